The van der Waals surface area contributed by atoms with E-state index in [2.05, 4.69) is 59.0 Å². The fourth-order valence-corrected chi connectivity index (χ4v) is 10.6. The highest BCUT2D eigenvalue weighted by molar-refractivity contribution is 8.07. The monoisotopic (exact) mass is 364 g/mol. The Kier molecular flexibility index (Phi) is 5.87. The number of carbonyl (C=O) groups is 1. The van der Waals surface area contributed by atoms with E-state index < -0.39 is 7.26 Å². The molecule has 1 amide bonds. The maximum Gasteiger partial charge on any atom is 0.268 e. The SMILES string of the molecule is CC[P+](CC)(C(C)=S)C1(C(=O)Nc2c(C)cc(C)cc2C)CCC1. The van der Waals surface area contributed by atoms with Crippen LogP contribution in [0.25, 0.3) is 0 Å². The summed E-state index contributed by atoms with van der Waals surface area (Å²) >= 11 is 5.70. The number of anilines is 1. The van der Waals surface area contributed by atoms with Gasteiger partial charge in [0.15, 0.2) is 5.16 Å². The van der Waals surface area contributed by atoms with Gasteiger partial charge in [-0.15, -0.1) is 0 Å². The van der Waals surface area contributed by atoms with Gasteiger partial charge in [0.1, 0.15) is 4.61 Å². The van der Waals surface area contributed by atoms with Crippen molar-refractivity contribution in [2.45, 2.75) is 66.0 Å². The molecule has 0 radical (unpaired) electrons. The Morgan fingerprint density at radius 3 is 2.00 bits per heavy atom. The van der Waals surface area contributed by atoms with Crippen LogP contribution in [0.1, 0.15) is 56.7 Å². The van der Waals surface area contributed by atoms with Crippen molar-refractivity contribution >= 4 is 35.7 Å². The van der Waals surface area contributed by atoms with E-state index in [0.717, 1.165) is 53.0 Å². The van der Waals surface area contributed by atoms with Gasteiger partial charge in [-0.05, 0) is 77.2 Å². The van der Waals surface area contributed by atoms with Crippen LogP contribution in [0.2, 0.25) is 0 Å². The normalized spacial score (nSPS) is 16.4. The van der Waals surface area contributed by atoms with Crippen LogP contribution in [0.5, 0.6) is 0 Å². The molecule has 1 aliphatic carbocycles. The molecular weight excluding hydrogens is 333 g/mol. The van der Waals surface area contributed by atoms with Crippen LogP contribution in [0.15, 0.2) is 12.1 Å². The highest BCUT2D eigenvalue weighted by Crippen LogP contribution is 2.75. The molecule has 1 aromatic rings. The zero-order valence-electron chi connectivity index (χ0n) is 16.0. The molecule has 0 bridgehead atoms. The quantitative estimate of drug-likeness (QED) is 0.504. The van der Waals surface area contributed by atoms with Crippen molar-refractivity contribution in [1.29, 1.82) is 0 Å². The number of thiocarbonyl (C=S) groups is 1. The van der Waals surface area contributed by atoms with E-state index >= 15 is 0 Å². The highest BCUT2D eigenvalue weighted by atomic mass is 32.1. The molecule has 1 saturated carbocycles. The molecule has 1 N–H and O–H groups in total. The molecule has 0 aliphatic heterocycles. The van der Waals surface area contributed by atoms with E-state index in [9.17, 15) is 4.79 Å². The van der Waals surface area contributed by atoms with Crippen molar-refractivity contribution in [3.05, 3.63) is 28.8 Å². The van der Waals surface area contributed by atoms with Crippen molar-refractivity contribution < 1.29 is 4.79 Å². The lowest BCUT2D eigenvalue weighted by atomic mass is 9.83. The topological polar surface area (TPSA) is 29.1 Å². The summed E-state index contributed by atoms with van der Waals surface area (Å²) in [6.45, 7) is 12.8. The Morgan fingerprint density at radius 2 is 1.67 bits per heavy atom. The van der Waals surface area contributed by atoms with Crippen molar-refractivity contribution in [2.24, 2.45) is 0 Å². The number of benzene rings is 1. The van der Waals surface area contributed by atoms with Crippen molar-refractivity contribution in [2.75, 3.05) is 17.6 Å². The lowest BCUT2D eigenvalue weighted by Gasteiger charge is -2.48. The first-order valence-electron chi connectivity index (χ1n) is 9.01. The zero-order chi connectivity index (χ0) is 18.1. The third-order valence-corrected chi connectivity index (χ3v) is 12.7. The Morgan fingerprint density at radius 1 is 1.17 bits per heavy atom. The summed E-state index contributed by atoms with van der Waals surface area (Å²) in [6.07, 6.45) is 5.21. The van der Waals surface area contributed by atoms with Crippen LogP contribution in [0.4, 0.5) is 5.69 Å². The van der Waals surface area contributed by atoms with Gasteiger partial charge in [-0.2, -0.15) is 0 Å². The molecule has 0 saturated heterocycles. The fraction of sp³-hybridized carbons (Fsp3) is 0.600. The summed E-state index contributed by atoms with van der Waals surface area (Å²) in [5, 5.41) is 3.08. The van der Waals surface area contributed by atoms with Gasteiger partial charge in [-0.3, -0.25) is 4.79 Å². The largest absolute Gasteiger partial charge is 0.322 e. The minimum Gasteiger partial charge on any atom is -0.322 e. The summed E-state index contributed by atoms with van der Waals surface area (Å²) < 4.78 is 1.10. The average Bonchev–Trinajstić information content (AvgIpc) is 2.45. The maximum atomic E-state index is 13.4. The predicted octanol–water partition coefficient (Wildman–Crippen LogP) is 5.88. The number of nitrogens with one attached hydrogen (secondary N) is 1. The zero-order valence-corrected chi connectivity index (χ0v) is 17.7. The minimum atomic E-state index is -1.58. The van der Waals surface area contributed by atoms with Gasteiger partial charge >= 0.3 is 0 Å². The number of rotatable bonds is 6. The Labute approximate surface area is 153 Å². The molecule has 0 atom stereocenters. The molecule has 1 aromatic carbocycles. The Bertz CT molecular complexity index is 637. The molecule has 0 unspecified atom stereocenters. The van der Waals surface area contributed by atoms with Crippen LogP contribution in [0.3, 0.4) is 0 Å². The highest BCUT2D eigenvalue weighted by Gasteiger charge is 2.65. The second-order valence-corrected chi connectivity index (χ2v) is 12.9. The molecule has 1 fully saturated rings. The Hall–Kier alpha value is -0.790. The van der Waals surface area contributed by atoms with Crippen molar-refractivity contribution in [1.82, 2.24) is 0 Å². The number of hydrogen-bond donors (Lipinski definition) is 1. The molecule has 1 aliphatic rings. The van der Waals surface area contributed by atoms with E-state index in [1.807, 2.05) is 0 Å². The van der Waals surface area contributed by atoms with E-state index in [4.69, 9.17) is 12.2 Å². The predicted molar refractivity (Wildman–Crippen MR) is 112 cm³/mol. The van der Waals surface area contributed by atoms with Crippen molar-refractivity contribution in [3.8, 4) is 0 Å². The second-order valence-electron chi connectivity index (χ2n) is 7.23. The minimum absolute atomic E-state index is 0.213. The number of amides is 1. The van der Waals surface area contributed by atoms with Gasteiger partial charge in [-0.1, -0.05) is 17.7 Å². The van der Waals surface area contributed by atoms with E-state index in [1.165, 1.54) is 5.56 Å². The van der Waals surface area contributed by atoms with Crippen molar-refractivity contribution in [3.63, 3.8) is 0 Å². The summed E-state index contributed by atoms with van der Waals surface area (Å²) in [5.41, 5.74) is 4.52. The number of carbonyl (C=O) groups excluding carboxylic acids is 1. The van der Waals surface area contributed by atoms with Gasteiger partial charge in [0.2, 0.25) is 0 Å². The summed E-state index contributed by atoms with van der Waals surface area (Å²) in [7, 11) is -1.58. The first kappa shape index (κ1) is 19.5. The van der Waals surface area contributed by atoms with Crippen LogP contribution in [-0.4, -0.2) is 28.0 Å². The third-order valence-electron chi connectivity index (χ3n) is 6.02. The standard InChI is InChI=1S/C20H30NOPS/c1-7-23(8-2,17(6)24)20(10-9-11-20)19(22)21-18-15(4)12-14(3)13-16(18)5/h12-13H,7-11H2,1-6H3/p+1. The van der Waals surface area contributed by atoms with Crippen LogP contribution in [0, 0.1) is 20.8 Å². The lowest BCUT2D eigenvalue weighted by Crippen LogP contribution is -2.52. The first-order chi connectivity index (χ1) is 11.2. The lowest BCUT2D eigenvalue weighted by molar-refractivity contribution is -0.120. The van der Waals surface area contributed by atoms with E-state index in [0.29, 0.717) is 0 Å². The molecule has 4 heteroatoms. The van der Waals surface area contributed by atoms with E-state index in [-0.39, 0.29) is 11.1 Å². The van der Waals surface area contributed by atoms with Gasteiger partial charge in [-0.25, -0.2) is 0 Å². The van der Waals surface area contributed by atoms with E-state index in [1.54, 1.807) is 0 Å². The van der Waals surface area contributed by atoms with Gasteiger partial charge < -0.3 is 5.32 Å². The summed E-state index contributed by atoms with van der Waals surface area (Å²) in [6, 6.07) is 4.28. The van der Waals surface area contributed by atoms with Crippen LogP contribution >= 0.6 is 19.5 Å². The van der Waals surface area contributed by atoms with Gasteiger partial charge in [0.05, 0.1) is 19.6 Å². The molecule has 0 heterocycles. The molecule has 2 rings (SSSR count). The van der Waals surface area contributed by atoms with Crippen LogP contribution < -0.4 is 5.32 Å². The summed E-state index contributed by atoms with van der Waals surface area (Å²) in [4.78, 5) is 13.4. The molecule has 0 spiro atoms. The maximum absolute atomic E-state index is 13.4. The van der Waals surface area contributed by atoms with Gasteiger partial charge in [0, 0.05) is 12.6 Å². The molecule has 24 heavy (non-hydrogen) atoms. The molecular formula is C20H31NOPS+. The Balaban J connectivity index is 2.42. The molecule has 0 aromatic heterocycles. The number of aryl methyl sites for hydroxylation is 3. The second kappa shape index (κ2) is 7.22. The summed E-state index contributed by atoms with van der Waals surface area (Å²) in [5.74, 6) is 0.213. The first-order valence-corrected chi connectivity index (χ1v) is 11.6. The average molecular weight is 365 g/mol. The number of hydrogen-bond acceptors (Lipinski definition) is 2. The third kappa shape index (κ3) is 2.95. The smallest absolute Gasteiger partial charge is 0.268 e. The molecule has 132 valence electrons. The van der Waals surface area contributed by atoms with Gasteiger partial charge in [0.25, 0.3) is 5.91 Å². The molecule has 2 nitrogen and oxygen atoms in total. The van der Waals surface area contributed by atoms with Crippen LogP contribution in [-0.2, 0) is 4.79 Å². The fourth-order valence-electron chi connectivity index (χ4n) is 4.54.